The zero-order chi connectivity index (χ0) is 14.0. The monoisotopic (exact) mass is 372 g/mol. The first-order valence-corrected chi connectivity index (χ1v) is 8.01. The van der Waals surface area contributed by atoms with E-state index in [1.54, 1.807) is 0 Å². The fraction of sp³-hybridized carbons (Fsp3) is 0.824. The minimum Gasteiger partial charge on any atom is -1.00 e. The summed E-state index contributed by atoms with van der Waals surface area (Å²) in [5, 5.41) is 0. The molecule has 21 heavy (non-hydrogen) atoms. The van der Waals surface area contributed by atoms with E-state index in [0.29, 0.717) is 6.79 Å². The van der Waals surface area contributed by atoms with Gasteiger partial charge in [-0.05, 0) is 12.8 Å². The Morgan fingerprint density at radius 3 is 2.00 bits per heavy atom. The molecule has 0 aliphatic rings. The van der Waals surface area contributed by atoms with Crippen molar-refractivity contribution in [3.8, 4) is 0 Å². The van der Waals surface area contributed by atoms with Crippen molar-refractivity contribution in [1.29, 1.82) is 0 Å². The Morgan fingerprint density at radius 1 is 0.810 bits per heavy atom. The van der Waals surface area contributed by atoms with Gasteiger partial charge >= 0.3 is 23.1 Å². The van der Waals surface area contributed by atoms with Gasteiger partial charge in [-0.1, -0.05) is 57.9 Å². The molecule has 0 aliphatic heterocycles. The summed E-state index contributed by atoms with van der Waals surface area (Å²) in [6.07, 6.45) is 16.7. The molecule has 0 aromatic carbocycles. The third-order valence-corrected chi connectivity index (χ3v) is 3.07. The van der Waals surface area contributed by atoms with E-state index in [0.717, 1.165) is 26.1 Å². The molecule has 0 bridgehead atoms. The average Bonchev–Trinajstić information content (AvgIpc) is 2.43. The van der Waals surface area contributed by atoms with Crippen LogP contribution in [0.3, 0.4) is 0 Å². The molecule has 0 radical (unpaired) electrons. The van der Waals surface area contributed by atoms with Gasteiger partial charge in [0.05, 0.1) is 6.61 Å². The van der Waals surface area contributed by atoms with Gasteiger partial charge in [0, 0.05) is 6.61 Å². The van der Waals surface area contributed by atoms with E-state index < -0.39 is 0 Å². The maximum Gasteiger partial charge on any atom is 2.00 e. The van der Waals surface area contributed by atoms with Crippen LogP contribution < -0.4 is 17.0 Å². The van der Waals surface area contributed by atoms with Gasteiger partial charge in [-0.3, -0.25) is 0 Å². The van der Waals surface area contributed by atoms with E-state index in [9.17, 15) is 0 Å². The van der Waals surface area contributed by atoms with Crippen molar-refractivity contribution in [2.75, 3.05) is 20.0 Å². The average molecular weight is 374 g/mol. The number of allylic oxidation sites excluding steroid dienone is 1. The standard InChI is InChI=1S/C17H33O2.BrH.Mg/c1-3-5-7-9-10-11-12-14-16-19-17-18-15-13-8-6-4-2;;/h6,8H,2-5,7,9-17H2,1H3;1H;/q-1;;+2/p-1/b8-6+;;. The number of rotatable bonds is 15. The molecule has 0 unspecified atom stereocenters. The Balaban J connectivity index is -0.00000162. The zero-order valence-corrected chi connectivity index (χ0v) is 17.0. The fourth-order valence-electron chi connectivity index (χ4n) is 1.90. The van der Waals surface area contributed by atoms with Crippen LogP contribution in [-0.4, -0.2) is 43.1 Å². The van der Waals surface area contributed by atoms with Crippen molar-refractivity contribution in [3.05, 3.63) is 19.1 Å². The zero-order valence-electron chi connectivity index (χ0n) is 14.0. The molecule has 4 heteroatoms. The third kappa shape index (κ3) is 26.1. The summed E-state index contributed by atoms with van der Waals surface area (Å²) in [7, 11) is 0. The van der Waals surface area contributed by atoms with Gasteiger partial charge < -0.3 is 33.4 Å². The number of hydrogen-bond donors (Lipinski definition) is 0. The maximum absolute atomic E-state index is 5.43. The second-order valence-corrected chi connectivity index (χ2v) is 4.96. The Morgan fingerprint density at radius 2 is 1.38 bits per heavy atom. The molecular formula is C17H33BrMgO2. The molecule has 0 amide bonds. The largest absolute Gasteiger partial charge is 2.00 e. The predicted octanol–water partition coefficient (Wildman–Crippen LogP) is 1.91. The van der Waals surface area contributed by atoms with Crippen LogP contribution in [-0.2, 0) is 9.47 Å². The molecule has 0 aliphatic carbocycles. The van der Waals surface area contributed by atoms with Crippen molar-refractivity contribution >= 4 is 23.1 Å². The molecule has 0 aromatic rings. The molecule has 0 saturated heterocycles. The van der Waals surface area contributed by atoms with Crippen LogP contribution in [0.4, 0.5) is 0 Å². The topological polar surface area (TPSA) is 18.5 Å². The molecule has 0 saturated carbocycles. The van der Waals surface area contributed by atoms with E-state index in [1.165, 1.54) is 51.4 Å². The third-order valence-electron chi connectivity index (χ3n) is 3.07. The Bertz CT molecular complexity index is 190. The molecule has 0 N–H and O–H groups in total. The molecule has 2 nitrogen and oxygen atoms in total. The van der Waals surface area contributed by atoms with Crippen LogP contribution in [0.1, 0.15) is 71.1 Å². The van der Waals surface area contributed by atoms with Gasteiger partial charge in [0.1, 0.15) is 6.79 Å². The Hall–Kier alpha value is 0.906. The maximum atomic E-state index is 5.43. The molecule has 0 fully saturated rings. The summed E-state index contributed by atoms with van der Waals surface area (Å²) >= 11 is 0. The van der Waals surface area contributed by atoms with Crippen LogP contribution in [0.2, 0.25) is 0 Å². The van der Waals surface area contributed by atoms with Gasteiger partial charge in [-0.25, -0.2) is 0 Å². The minimum absolute atomic E-state index is 0. The summed E-state index contributed by atoms with van der Waals surface area (Å²) in [6, 6.07) is 0. The van der Waals surface area contributed by atoms with Crippen LogP contribution in [0.5, 0.6) is 0 Å². The second kappa shape index (κ2) is 25.8. The summed E-state index contributed by atoms with van der Waals surface area (Å²) < 4.78 is 10.8. The Labute approximate surface area is 159 Å². The van der Waals surface area contributed by atoms with Gasteiger partial charge in [0.25, 0.3) is 0 Å². The second-order valence-electron chi connectivity index (χ2n) is 4.96. The molecule has 0 aromatic heterocycles. The van der Waals surface area contributed by atoms with Gasteiger partial charge in [0.2, 0.25) is 0 Å². The first-order valence-electron chi connectivity index (χ1n) is 8.01. The summed E-state index contributed by atoms with van der Waals surface area (Å²) in [4.78, 5) is 0. The van der Waals surface area contributed by atoms with E-state index >= 15 is 0 Å². The number of unbranched alkanes of at least 4 members (excludes halogenated alkanes) is 7. The molecule has 0 atom stereocenters. The number of ether oxygens (including phenoxy) is 2. The quantitative estimate of drug-likeness (QED) is 0.144. The minimum atomic E-state index is 0. The summed E-state index contributed by atoms with van der Waals surface area (Å²) in [6.45, 7) is 8.02. The molecule has 122 valence electrons. The number of halogens is 1. The van der Waals surface area contributed by atoms with Crippen molar-refractivity contribution < 1.29 is 26.5 Å². The van der Waals surface area contributed by atoms with E-state index in [4.69, 9.17) is 9.47 Å². The van der Waals surface area contributed by atoms with Crippen molar-refractivity contribution in [2.24, 2.45) is 0 Å². The SMILES string of the molecule is [Br-].[CH2-]C/C=C/CCOCOCCCCCCCCCC.[Mg+2]. The molecule has 0 heterocycles. The smallest absolute Gasteiger partial charge is 1.00 e. The van der Waals surface area contributed by atoms with Crippen molar-refractivity contribution in [2.45, 2.75) is 71.1 Å². The van der Waals surface area contributed by atoms with E-state index in [1.807, 2.05) is 0 Å². The van der Waals surface area contributed by atoms with Crippen molar-refractivity contribution in [1.82, 2.24) is 0 Å². The van der Waals surface area contributed by atoms with E-state index in [2.05, 4.69) is 26.0 Å². The van der Waals surface area contributed by atoms with Crippen LogP contribution in [0, 0.1) is 6.92 Å². The summed E-state index contributed by atoms with van der Waals surface area (Å²) in [5.41, 5.74) is 0. The van der Waals surface area contributed by atoms with E-state index in [-0.39, 0.29) is 40.0 Å². The fourth-order valence-corrected chi connectivity index (χ4v) is 1.90. The molecule has 0 rings (SSSR count). The van der Waals surface area contributed by atoms with Crippen LogP contribution in [0.25, 0.3) is 0 Å². The van der Waals surface area contributed by atoms with Crippen molar-refractivity contribution in [3.63, 3.8) is 0 Å². The van der Waals surface area contributed by atoms with Crippen LogP contribution in [0.15, 0.2) is 12.2 Å². The van der Waals surface area contributed by atoms with Crippen LogP contribution >= 0.6 is 0 Å². The first kappa shape index (κ1) is 26.8. The van der Waals surface area contributed by atoms with Gasteiger partial charge in [-0.2, -0.15) is 6.42 Å². The molecular weight excluding hydrogens is 340 g/mol. The predicted molar refractivity (Wildman–Crippen MR) is 88.9 cm³/mol. The summed E-state index contributed by atoms with van der Waals surface area (Å²) in [5.74, 6) is 0. The van der Waals surface area contributed by atoms with Gasteiger partial charge in [-0.15, -0.1) is 6.08 Å². The molecule has 0 spiro atoms. The first-order chi connectivity index (χ1) is 9.41. The van der Waals surface area contributed by atoms with Gasteiger partial charge in [0.15, 0.2) is 0 Å². The number of hydrogen-bond acceptors (Lipinski definition) is 2. The Kier molecular flexibility index (Phi) is 33.0. The normalized spacial score (nSPS) is 10.4.